The largest absolute Gasteiger partial charge is 0.491 e. The molecule has 1 saturated heterocycles. The van der Waals surface area contributed by atoms with Gasteiger partial charge < -0.3 is 15.0 Å². The molecule has 1 fully saturated rings. The van der Waals surface area contributed by atoms with E-state index in [1.807, 2.05) is 0 Å². The summed E-state index contributed by atoms with van der Waals surface area (Å²) < 4.78 is 13.3. The predicted molar refractivity (Wildman–Crippen MR) is 96.7 cm³/mol. The maximum atomic E-state index is 6.11. The van der Waals surface area contributed by atoms with Crippen molar-refractivity contribution in [3.8, 4) is 0 Å². The molecule has 0 unspecified atom stereocenters. The third-order valence-corrected chi connectivity index (χ3v) is 5.14. The molecule has 2 N–H and O–H groups in total. The number of halogens is 1. The number of hydrogen-bond donors (Lipinski definition) is 1. The number of nitrogens with two attached hydrogens (primary N) is 1. The molecule has 0 bridgehead atoms. The standard InChI is InChI=1S/C17H25BBrNO2/c1-11-7-14(19)8-12(2)15(11)9-13(10-20)18-21-16(3,4)17(5,6)22-18/h7-9H,10,20H2,1-6H3. The van der Waals surface area contributed by atoms with Gasteiger partial charge in [-0.05, 0) is 75.8 Å². The minimum atomic E-state index is -0.391. The van der Waals surface area contributed by atoms with E-state index >= 15 is 0 Å². The van der Waals surface area contributed by atoms with Gasteiger partial charge >= 0.3 is 7.12 Å². The molecule has 5 heteroatoms. The van der Waals surface area contributed by atoms with Crippen LogP contribution < -0.4 is 5.73 Å². The van der Waals surface area contributed by atoms with Crippen molar-refractivity contribution in [2.24, 2.45) is 5.73 Å². The van der Waals surface area contributed by atoms with E-state index in [1.165, 1.54) is 16.7 Å². The molecule has 1 aliphatic rings. The van der Waals surface area contributed by atoms with Crippen molar-refractivity contribution in [1.82, 2.24) is 0 Å². The number of benzene rings is 1. The summed E-state index contributed by atoms with van der Waals surface area (Å²) in [6, 6.07) is 4.22. The fourth-order valence-corrected chi connectivity index (χ4v) is 3.24. The second-order valence-electron chi connectivity index (χ2n) is 6.96. The van der Waals surface area contributed by atoms with Gasteiger partial charge in [-0.1, -0.05) is 22.0 Å². The SMILES string of the molecule is Cc1cc(Br)cc(C)c1C=C(CN)B1OC(C)(C)C(C)(C)O1. The predicted octanol–water partition coefficient (Wildman–Crippen LogP) is 4.04. The Bertz CT molecular complexity index is 572. The van der Waals surface area contributed by atoms with Crippen LogP contribution in [-0.2, 0) is 9.31 Å². The highest BCUT2D eigenvalue weighted by atomic mass is 79.9. The van der Waals surface area contributed by atoms with E-state index in [0.717, 1.165) is 9.95 Å². The molecule has 22 heavy (non-hydrogen) atoms. The van der Waals surface area contributed by atoms with Gasteiger partial charge in [-0.3, -0.25) is 0 Å². The van der Waals surface area contributed by atoms with E-state index in [9.17, 15) is 0 Å². The summed E-state index contributed by atoms with van der Waals surface area (Å²) in [4.78, 5) is 0. The Morgan fingerprint density at radius 2 is 1.59 bits per heavy atom. The van der Waals surface area contributed by atoms with Crippen molar-refractivity contribution < 1.29 is 9.31 Å². The second-order valence-corrected chi connectivity index (χ2v) is 7.88. The summed E-state index contributed by atoms with van der Waals surface area (Å²) in [6.45, 7) is 12.8. The molecule has 0 aliphatic carbocycles. The van der Waals surface area contributed by atoms with Crippen LogP contribution >= 0.6 is 15.9 Å². The molecular weight excluding hydrogens is 341 g/mol. The van der Waals surface area contributed by atoms with Gasteiger partial charge in [-0.2, -0.15) is 0 Å². The summed E-state index contributed by atoms with van der Waals surface area (Å²) >= 11 is 3.53. The van der Waals surface area contributed by atoms with Gasteiger partial charge in [0.1, 0.15) is 0 Å². The van der Waals surface area contributed by atoms with E-state index in [4.69, 9.17) is 15.0 Å². The van der Waals surface area contributed by atoms with Crippen LogP contribution in [0.5, 0.6) is 0 Å². The van der Waals surface area contributed by atoms with Crippen molar-refractivity contribution in [2.75, 3.05) is 6.54 Å². The van der Waals surface area contributed by atoms with E-state index in [-0.39, 0.29) is 11.2 Å². The van der Waals surface area contributed by atoms with Gasteiger partial charge in [0.25, 0.3) is 0 Å². The molecule has 1 aromatic carbocycles. The average molecular weight is 366 g/mol. The first-order chi connectivity index (χ1) is 10.1. The summed E-state index contributed by atoms with van der Waals surface area (Å²) in [5.74, 6) is 0. The molecule has 1 heterocycles. The van der Waals surface area contributed by atoms with Crippen molar-refractivity contribution in [2.45, 2.75) is 52.7 Å². The van der Waals surface area contributed by atoms with E-state index in [0.29, 0.717) is 6.54 Å². The molecular formula is C17H25BBrNO2. The molecule has 2 rings (SSSR count). The van der Waals surface area contributed by atoms with Crippen LogP contribution in [-0.4, -0.2) is 24.9 Å². The molecule has 3 nitrogen and oxygen atoms in total. The zero-order chi connectivity index (χ0) is 16.7. The van der Waals surface area contributed by atoms with Gasteiger partial charge in [0.15, 0.2) is 0 Å². The lowest BCUT2D eigenvalue weighted by molar-refractivity contribution is 0.00578. The molecule has 0 radical (unpaired) electrons. The highest BCUT2D eigenvalue weighted by Crippen LogP contribution is 2.39. The minimum Gasteiger partial charge on any atom is -0.400 e. The lowest BCUT2D eigenvalue weighted by Crippen LogP contribution is -2.41. The number of aryl methyl sites for hydroxylation is 2. The van der Waals surface area contributed by atoms with Crippen molar-refractivity contribution >= 4 is 29.1 Å². The van der Waals surface area contributed by atoms with Crippen LogP contribution in [0, 0.1) is 13.8 Å². The van der Waals surface area contributed by atoms with Crippen LogP contribution in [0.15, 0.2) is 22.1 Å². The first kappa shape index (κ1) is 17.7. The molecule has 0 amide bonds. The van der Waals surface area contributed by atoms with E-state index < -0.39 is 7.12 Å². The van der Waals surface area contributed by atoms with Crippen molar-refractivity contribution in [3.63, 3.8) is 0 Å². The number of hydrogen-bond acceptors (Lipinski definition) is 3. The van der Waals surface area contributed by atoms with E-state index in [1.54, 1.807) is 0 Å². The molecule has 120 valence electrons. The monoisotopic (exact) mass is 365 g/mol. The van der Waals surface area contributed by atoms with Crippen LogP contribution in [0.4, 0.5) is 0 Å². The zero-order valence-corrected chi connectivity index (χ0v) is 15.9. The molecule has 0 aromatic heterocycles. The summed E-state index contributed by atoms with van der Waals surface area (Å²) in [6.07, 6.45) is 2.11. The van der Waals surface area contributed by atoms with Gasteiger partial charge in [0.05, 0.1) is 11.2 Å². The topological polar surface area (TPSA) is 44.5 Å². The second kappa shape index (κ2) is 6.12. The summed E-state index contributed by atoms with van der Waals surface area (Å²) in [5, 5.41) is 0. The Hall–Kier alpha value is -0.615. The third-order valence-electron chi connectivity index (χ3n) is 4.68. The molecule has 0 saturated carbocycles. The normalized spacial score (nSPS) is 20.5. The van der Waals surface area contributed by atoms with Crippen LogP contribution in [0.3, 0.4) is 0 Å². The van der Waals surface area contributed by atoms with Crippen LogP contribution in [0.1, 0.15) is 44.4 Å². The lowest BCUT2D eigenvalue weighted by Gasteiger charge is -2.32. The maximum absolute atomic E-state index is 6.11. The Labute approximate surface area is 142 Å². The quantitative estimate of drug-likeness (QED) is 0.822. The third kappa shape index (κ3) is 3.33. The zero-order valence-electron chi connectivity index (χ0n) is 14.3. The summed E-state index contributed by atoms with van der Waals surface area (Å²) in [5.41, 5.74) is 9.82. The molecule has 0 spiro atoms. The van der Waals surface area contributed by atoms with Gasteiger partial charge in [-0.25, -0.2) is 0 Å². The van der Waals surface area contributed by atoms with Crippen molar-refractivity contribution in [3.05, 3.63) is 38.8 Å². The van der Waals surface area contributed by atoms with Crippen LogP contribution in [0.2, 0.25) is 0 Å². The first-order valence-electron chi connectivity index (χ1n) is 7.60. The van der Waals surface area contributed by atoms with E-state index in [2.05, 4.69) is 75.7 Å². The van der Waals surface area contributed by atoms with Crippen molar-refractivity contribution in [1.29, 1.82) is 0 Å². The number of rotatable bonds is 3. The fraction of sp³-hybridized carbons (Fsp3) is 0.529. The van der Waals surface area contributed by atoms with Gasteiger partial charge in [0, 0.05) is 11.0 Å². The summed E-state index contributed by atoms with van der Waals surface area (Å²) in [7, 11) is -0.391. The Morgan fingerprint density at radius 3 is 2.00 bits per heavy atom. The first-order valence-corrected chi connectivity index (χ1v) is 8.39. The van der Waals surface area contributed by atoms with Gasteiger partial charge in [0.2, 0.25) is 0 Å². The molecule has 0 atom stereocenters. The lowest BCUT2D eigenvalue weighted by atomic mass is 9.76. The molecule has 1 aliphatic heterocycles. The smallest absolute Gasteiger partial charge is 0.400 e. The fourth-order valence-electron chi connectivity index (χ4n) is 2.55. The van der Waals surface area contributed by atoms with Crippen LogP contribution in [0.25, 0.3) is 6.08 Å². The Balaban J connectivity index is 2.38. The highest BCUT2D eigenvalue weighted by molar-refractivity contribution is 9.10. The average Bonchev–Trinajstić information content (AvgIpc) is 2.57. The maximum Gasteiger partial charge on any atom is 0.491 e. The molecule has 1 aromatic rings. The Morgan fingerprint density at radius 1 is 1.14 bits per heavy atom. The minimum absolute atomic E-state index is 0.351. The Kier molecular flexibility index (Phi) is 4.93. The highest BCUT2D eigenvalue weighted by Gasteiger charge is 2.52. The van der Waals surface area contributed by atoms with Gasteiger partial charge in [-0.15, -0.1) is 0 Å².